The van der Waals surface area contributed by atoms with Gasteiger partial charge in [0.25, 0.3) is 0 Å². The smallest absolute Gasteiger partial charge is 0.305 e. The molecule has 0 aliphatic carbocycles. The summed E-state index contributed by atoms with van der Waals surface area (Å²) >= 11 is 0. The van der Waals surface area contributed by atoms with E-state index in [1.807, 2.05) is 20.8 Å². The molecule has 1 heterocycles. The van der Waals surface area contributed by atoms with Gasteiger partial charge in [-0.25, -0.2) is 0 Å². The Morgan fingerprint density at radius 1 is 1.62 bits per heavy atom. The Labute approximate surface area is 77.5 Å². The SMILES string of the molecule is CC(C)(C)N1C(=O)CC1CC(=O)O. The molecule has 0 bridgehead atoms. The largest absolute Gasteiger partial charge is 0.481 e. The zero-order valence-electron chi connectivity index (χ0n) is 8.20. The molecular weight excluding hydrogens is 170 g/mol. The summed E-state index contributed by atoms with van der Waals surface area (Å²) in [5.74, 6) is -0.787. The monoisotopic (exact) mass is 185 g/mol. The summed E-state index contributed by atoms with van der Waals surface area (Å²) < 4.78 is 0. The third kappa shape index (κ3) is 1.99. The van der Waals surface area contributed by atoms with Gasteiger partial charge in [0.15, 0.2) is 0 Å². The number of carboxylic acid groups (broad SMARTS) is 1. The zero-order chi connectivity index (χ0) is 10.2. The molecule has 1 rings (SSSR count). The molecule has 74 valence electrons. The van der Waals surface area contributed by atoms with Gasteiger partial charge in [0.2, 0.25) is 5.91 Å². The van der Waals surface area contributed by atoms with E-state index in [1.54, 1.807) is 4.90 Å². The standard InChI is InChI=1S/C9H15NO3/c1-9(2,3)10-6(4-7(10)11)5-8(12)13/h6H,4-5H2,1-3H3,(H,12,13). The maximum atomic E-state index is 11.2. The van der Waals surface area contributed by atoms with Crippen molar-refractivity contribution < 1.29 is 14.7 Å². The zero-order valence-corrected chi connectivity index (χ0v) is 8.20. The fourth-order valence-corrected chi connectivity index (χ4v) is 1.77. The fourth-order valence-electron chi connectivity index (χ4n) is 1.77. The van der Waals surface area contributed by atoms with Gasteiger partial charge in [-0.2, -0.15) is 0 Å². The Balaban J connectivity index is 2.62. The molecule has 1 aliphatic heterocycles. The van der Waals surface area contributed by atoms with Gasteiger partial charge >= 0.3 is 5.97 Å². The van der Waals surface area contributed by atoms with Crippen molar-refractivity contribution in [3.63, 3.8) is 0 Å². The number of β-lactam (4-membered cyclic amide) rings is 1. The van der Waals surface area contributed by atoms with Crippen molar-refractivity contribution >= 4 is 11.9 Å². The molecule has 1 aliphatic rings. The number of nitrogens with zero attached hydrogens (tertiary/aromatic N) is 1. The molecule has 1 N–H and O–H groups in total. The van der Waals surface area contributed by atoms with Crippen LogP contribution in [-0.2, 0) is 9.59 Å². The lowest BCUT2D eigenvalue weighted by Gasteiger charge is -2.48. The van der Waals surface area contributed by atoms with E-state index in [1.165, 1.54) is 0 Å². The molecule has 0 radical (unpaired) electrons. The van der Waals surface area contributed by atoms with Crippen LogP contribution in [0.1, 0.15) is 33.6 Å². The highest BCUT2D eigenvalue weighted by atomic mass is 16.4. The number of hydrogen-bond acceptors (Lipinski definition) is 2. The van der Waals surface area contributed by atoms with E-state index in [0.717, 1.165) is 0 Å². The second-order valence-electron chi connectivity index (χ2n) is 4.39. The van der Waals surface area contributed by atoms with E-state index in [2.05, 4.69) is 0 Å². The van der Waals surface area contributed by atoms with Crippen LogP contribution in [0.4, 0.5) is 0 Å². The summed E-state index contributed by atoms with van der Waals surface area (Å²) in [6, 6.07) is -0.106. The van der Waals surface area contributed by atoms with Gasteiger partial charge in [0.05, 0.1) is 12.5 Å². The number of rotatable bonds is 2. The van der Waals surface area contributed by atoms with Crippen molar-refractivity contribution in [3.8, 4) is 0 Å². The van der Waals surface area contributed by atoms with Crippen molar-refractivity contribution in [2.75, 3.05) is 0 Å². The molecule has 4 heteroatoms. The summed E-state index contributed by atoms with van der Waals surface area (Å²) in [6.45, 7) is 5.75. The van der Waals surface area contributed by atoms with Crippen LogP contribution in [0, 0.1) is 0 Å². The Morgan fingerprint density at radius 2 is 2.15 bits per heavy atom. The number of carbonyl (C=O) groups excluding carboxylic acids is 1. The number of likely N-dealkylation sites (tertiary alicyclic amines) is 1. The topological polar surface area (TPSA) is 57.6 Å². The van der Waals surface area contributed by atoms with Crippen LogP contribution in [-0.4, -0.2) is 33.5 Å². The number of amides is 1. The van der Waals surface area contributed by atoms with Crippen LogP contribution in [0.5, 0.6) is 0 Å². The van der Waals surface area contributed by atoms with E-state index in [9.17, 15) is 9.59 Å². The Morgan fingerprint density at radius 3 is 2.46 bits per heavy atom. The lowest BCUT2D eigenvalue weighted by atomic mass is 9.90. The van der Waals surface area contributed by atoms with Crippen molar-refractivity contribution in [2.24, 2.45) is 0 Å². The third-order valence-electron chi connectivity index (χ3n) is 2.18. The Bertz CT molecular complexity index is 242. The second kappa shape index (κ2) is 3.01. The fraction of sp³-hybridized carbons (Fsp3) is 0.778. The predicted octanol–water partition coefficient (Wildman–Crippen LogP) is 0.861. The minimum absolute atomic E-state index is 0.0544. The third-order valence-corrected chi connectivity index (χ3v) is 2.18. The quantitative estimate of drug-likeness (QED) is 0.649. The van der Waals surface area contributed by atoms with Gasteiger partial charge in [-0.3, -0.25) is 9.59 Å². The normalized spacial score (nSPS) is 22.8. The molecule has 1 saturated heterocycles. The lowest BCUT2D eigenvalue weighted by molar-refractivity contribution is -0.157. The number of carbonyl (C=O) groups is 2. The second-order valence-corrected chi connectivity index (χ2v) is 4.39. The molecule has 0 aromatic heterocycles. The highest BCUT2D eigenvalue weighted by molar-refractivity contribution is 5.85. The van der Waals surface area contributed by atoms with Gasteiger partial charge < -0.3 is 10.0 Å². The Kier molecular flexibility index (Phi) is 2.32. The lowest BCUT2D eigenvalue weighted by Crippen LogP contribution is -2.61. The van der Waals surface area contributed by atoms with Gasteiger partial charge in [0.1, 0.15) is 0 Å². The number of hydrogen-bond donors (Lipinski definition) is 1. The van der Waals surface area contributed by atoms with Crippen LogP contribution in [0.25, 0.3) is 0 Å². The highest BCUT2D eigenvalue weighted by Crippen LogP contribution is 2.30. The maximum Gasteiger partial charge on any atom is 0.305 e. The number of carboxylic acids is 1. The molecule has 0 spiro atoms. The predicted molar refractivity (Wildman–Crippen MR) is 47.3 cm³/mol. The summed E-state index contributed by atoms with van der Waals surface area (Å²) in [6.07, 6.45) is 0.437. The molecule has 0 saturated carbocycles. The van der Waals surface area contributed by atoms with E-state index in [-0.39, 0.29) is 23.9 Å². The van der Waals surface area contributed by atoms with Crippen LogP contribution >= 0.6 is 0 Å². The van der Waals surface area contributed by atoms with E-state index < -0.39 is 5.97 Å². The van der Waals surface area contributed by atoms with Crippen molar-refractivity contribution in [1.29, 1.82) is 0 Å². The molecule has 1 fully saturated rings. The van der Waals surface area contributed by atoms with Crippen LogP contribution in [0.3, 0.4) is 0 Å². The first kappa shape index (κ1) is 10.0. The molecule has 1 unspecified atom stereocenters. The molecule has 1 amide bonds. The van der Waals surface area contributed by atoms with Gasteiger partial charge in [0, 0.05) is 12.0 Å². The average Bonchev–Trinajstić information content (AvgIpc) is 1.79. The van der Waals surface area contributed by atoms with Crippen LogP contribution < -0.4 is 0 Å². The van der Waals surface area contributed by atoms with Crippen molar-refractivity contribution in [1.82, 2.24) is 4.90 Å². The highest BCUT2D eigenvalue weighted by Gasteiger charge is 2.43. The minimum Gasteiger partial charge on any atom is -0.481 e. The molecule has 1 atom stereocenters. The molecule has 0 aromatic rings. The van der Waals surface area contributed by atoms with Crippen LogP contribution in [0.2, 0.25) is 0 Å². The van der Waals surface area contributed by atoms with Crippen LogP contribution in [0.15, 0.2) is 0 Å². The summed E-state index contributed by atoms with van der Waals surface area (Å²) in [7, 11) is 0. The van der Waals surface area contributed by atoms with E-state index in [4.69, 9.17) is 5.11 Å². The first-order valence-electron chi connectivity index (χ1n) is 4.36. The average molecular weight is 185 g/mol. The van der Waals surface area contributed by atoms with Crippen molar-refractivity contribution in [2.45, 2.75) is 45.2 Å². The van der Waals surface area contributed by atoms with Gasteiger partial charge in [-0.15, -0.1) is 0 Å². The summed E-state index contributed by atoms with van der Waals surface area (Å²) in [5.41, 5.74) is -0.255. The van der Waals surface area contributed by atoms with E-state index in [0.29, 0.717) is 6.42 Å². The van der Waals surface area contributed by atoms with E-state index >= 15 is 0 Å². The molecular formula is C9H15NO3. The maximum absolute atomic E-state index is 11.2. The summed E-state index contributed by atoms with van der Waals surface area (Å²) in [4.78, 5) is 23.3. The molecule has 13 heavy (non-hydrogen) atoms. The molecule has 4 nitrogen and oxygen atoms in total. The minimum atomic E-state index is -0.841. The number of aliphatic carboxylic acids is 1. The van der Waals surface area contributed by atoms with Gasteiger partial charge in [-0.05, 0) is 20.8 Å². The first-order chi connectivity index (χ1) is 5.82. The molecule has 0 aromatic carbocycles. The van der Waals surface area contributed by atoms with Gasteiger partial charge in [-0.1, -0.05) is 0 Å². The first-order valence-corrected chi connectivity index (χ1v) is 4.36. The Hall–Kier alpha value is -1.06. The van der Waals surface area contributed by atoms with Crippen molar-refractivity contribution in [3.05, 3.63) is 0 Å². The summed E-state index contributed by atoms with van der Waals surface area (Å²) in [5, 5.41) is 8.58.